The molecule has 19 heavy (non-hydrogen) atoms. The van der Waals surface area contributed by atoms with E-state index in [-0.39, 0.29) is 0 Å². The predicted octanol–water partition coefficient (Wildman–Crippen LogP) is 4.49. The molecule has 0 aromatic heterocycles. The number of phenols is 1. The molecule has 102 valence electrons. The second kappa shape index (κ2) is 4.01. The maximum Gasteiger partial charge on any atom is 0.121 e. The van der Waals surface area contributed by atoms with Crippen molar-refractivity contribution in [3.05, 3.63) is 29.3 Å². The van der Waals surface area contributed by atoms with Crippen molar-refractivity contribution in [2.24, 2.45) is 29.6 Å². The molecular formula is C18H24O. The van der Waals surface area contributed by atoms with E-state index in [1.807, 2.05) is 13.0 Å². The summed E-state index contributed by atoms with van der Waals surface area (Å²) in [7, 11) is 0. The van der Waals surface area contributed by atoms with Crippen LogP contribution in [0.3, 0.4) is 0 Å². The Balaban J connectivity index is 1.72. The first-order valence-corrected chi connectivity index (χ1v) is 7.95. The van der Waals surface area contributed by atoms with Gasteiger partial charge >= 0.3 is 0 Å². The van der Waals surface area contributed by atoms with Gasteiger partial charge in [-0.1, -0.05) is 25.1 Å². The third-order valence-corrected chi connectivity index (χ3v) is 6.52. The highest BCUT2D eigenvalue weighted by Crippen LogP contribution is 2.65. The van der Waals surface area contributed by atoms with Crippen molar-refractivity contribution in [3.63, 3.8) is 0 Å². The lowest BCUT2D eigenvalue weighted by Gasteiger charge is -2.33. The number of benzene rings is 1. The number of phenolic OH excluding ortho intramolecular Hbond substituents is 1. The molecule has 6 unspecified atom stereocenters. The number of fused-ring (bicyclic) bond motifs is 5. The highest BCUT2D eigenvalue weighted by Gasteiger charge is 2.56. The molecule has 4 rings (SSSR count). The van der Waals surface area contributed by atoms with Gasteiger partial charge in [0.05, 0.1) is 0 Å². The van der Waals surface area contributed by atoms with Gasteiger partial charge in [-0.2, -0.15) is 0 Å². The van der Waals surface area contributed by atoms with E-state index >= 15 is 0 Å². The average Bonchev–Trinajstić information content (AvgIpc) is 3.03. The molecule has 6 atom stereocenters. The minimum Gasteiger partial charge on any atom is -0.507 e. The summed E-state index contributed by atoms with van der Waals surface area (Å²) in [6.07, 6.45) is 5.64. The van der Waals surface area contributed by atoms with Gasteiger partial charge in [-0.15, -0.1) is 0 Å². The fourth-order valence-corrected chi connectivity index (χ4v) is 5.78. The Morgan fingerprint density at radius 2 is 1.95 bits per heavy atom. The van der Waals surface area contributed by atoms with E-state index in [2.05, 4.69) is 19.1 Å². The summed E-state index contributed by atoms with van der Waals surface area (Å²) >= 11 is 0. The first-order chi connectivity index (χ1) is 9.16. The zero-order chi connectivity index (χ0) is 13.1. The van der Waals surface area contributed by atoms with Crippen LogP contribution in [0.25, 0.3) is 0 Å². The van der Waals surface area contributed by atoms with Crippen LogP contribution in [-0.4, -0.2) is 5.11 Å². The summed E-state index contributed by atoms with van der Waals surface area (Å²) in [6.45, 7) is 4.47. The number of hydrogen-bond donors (Lipinski definition) is 1. The zero-order valence-corrected chi connectivity index (χ0v) is 12.0. The lowest BCUT2D eigenvalue weighted by molar-refractivity contribution is 0.186. The molecule has 1 aromatic carbocycles. The predicted molar refractivity (Wildman–Crippen MR) is 77.2 cm³/mol. The molecule has 0 spiro atoms. The van der Waals surface area contributed by atoms with Crippen LogP contribution in [0.2, 0.25) is 0 Å². The van der Waals surface area contributed by atoms with Crippen molar-refractivity contribution in [3.8, 4) is 5.75 Å². The molecule has 3 aliphatic rings. The Labute approximate surface area is 116 Å². The molecule has 0 amide bonds. The van der Waals surface area contributed by atoms with Gasteiger partial charge in [0.15, 0.2) is 0 Å². The van der Waals surface area contributed by atoms with Gasteiger partial charge in [-0.3, -0.25) is 0 Å². The van der Waals surface area contributed by atoms with Crippen molar-refractivity contribution < 1.29 is 5.11 Å². The smallest absolute Gasteiger partial charge is 0.121 e. The van der Waals surface area contributed by atoms with Crippen LogP contribution in [0.15, 0.2) is 18.2 Å². The number of hydrogen-bond acceptors (Lipinski definition) is 1. The summed E-state index contributed by atoms with van der Waals surface area (Å²) in [5.41, 5.74) is 2.28. The summed E-state index contributed by atoms with van der Waals surface area (Å²) in [6, 6.07) is 6.31. The Bertz CT molecular complexity index is 506. The summed E-state index contributed by atoms with van der Waals surface area (Å²) < 4.78 is 0. The quantitative estimate of drug-likeness (QED) is 0.785. The number of rotatable bonds is 1. The van der Waals surface area contributed by atoms with Gasteiger partial charge in [0.1, 0.15) is 5.75 Å². The highest BCUT2D eigenvalue weighted by molar-refractivity contribution is 5.42. The number of aromatic hydroxyl groups is 1. The molecule has 0 saturated heterocycles. The van der Waals surface area contributed by atoms with E-state index in [9.17, 15) is 5.11 Å². The van der Waals surface area contributed by atoms with Gasteiger partial charge in [0.25, 0.3) is 0 Å². The second-order valence-corrected chi connectivity index (χ2v) is 7.31. The fraction of sp³-hybridized carbons (Fsp3) is 0.667. The van der Waals surface area contributed by atoms with Crippen LogP contribution in [0.4, 0.5) is 0 Å². The maximum atomic E-state index is 10.4. The van der Waals surface area contributed by atoms with Crippen molar-refractivity contribution in [2.45, 2.75) is 45.4 Å². The first-order valence-electron chi connectivity index (χ1n) is 7.95. The van der Waals surface area contributed by atoms with Crippen LogP contribution in [-0.2, 0) is 0 Å². The number of para-hydroxylation sites is 1. The second-order valence-electron chi connectivity index (χ2n) is 7.31. The Hall–Kier alpha value is -0.980. The van der Waals surface area contributed by atoms with Crippen molar-refractivity contribution >= 4 is 0 Å². The van der Waals surface area contributed by atoms with Crippen molar-refractivity contribution in [1.29, 1.82) is 0 Å². The summed E-state index contributed by atoms with van der Waals surface area (Å²) in [5, 5.41) is 10.4. The first kappa shape index (κ1) is 11.8. The van der Waals surface area contributed by atoms with Gasteiger partial charge in [0.2, 0.25) is 0 Å². The largest absolute Gasteiger partial charge is 0.507 e. The SMILES string of the molecule is Cc1cccc(C2CCC3C4CC(C)C(C4)C23)c1O. The van der Waals surface area contributed by atoms with E-state index in [1.54, 1.807) is 0 Å². The molecular weight excluding hydrogens is 232 g/mol. The van der Waals surface area contributed by atoms with E-state index in [0.29, 0.717) is 11.7 Å². The molecule has 1 aromatic rings. The Morgan fingerprint density at radius 1 is 1.11 bits per heavy atom. The zero-order valence-electron chi connectivity index (χ0n) is 12.0. The molecule has 1 nitrogen and oxygen atoms in total. The monoisotopic (exact) mass is 256 g/mol. The highest BCUT2D eigenvalue weighted by atomic mass is 16.3. The average molecular weight is 256 g/mol. The van der Waals surface area contributed by atoms with Crippen molar-refractivity contribution in [1.82, 2.24) is 0 Å². The minimum absolute atomic E-state index is 0.573. The van der Waals surface area contributed by atoms with Crippen molar-refractivity contribution in [2.75, 3.05) is 0 Å². The molecule has 3 saturated carbocycles. The molecule has 0 radical (unpaired) electrons. The van der Waals surface area contributed by atoms with Crippen LogP contribution in [0.5, 0.6) is 5.75 Å². The van der Waals surface area contributed by atoms with Gasteiger partial charge in [0, 0.05) is 0 Å². The standard InChI is InChI=1S/C18H24O/c1-10-4-3-5-15(18(10)19)14-7-6-13-12-8-11(2)16(9-12)17(13)14/h3-5,11-14,16-17,19H,6-9H2,1-2H3. The van der Waals surface area contributed by atoms with E-state index in [4.69, 9.17) is 0 Å². The van der Waals surface area contributed by atoms with E-state index < -0.39 is 0 Å². The van der Waals surface area contributed by atoms with Crippen LogP contribution < -0.4 is 0 Å². The maximum absolute atomic E-state index is 10.4. The third-order valence-electron chi connectivity index (χ3n) is 6.52. The lowest BCUT2D eigenvalue weighted by atomic mass is 9.71. The van der Waals surface area contributed by atoms with Gasteiger partial charge in [-0.25, -0.2) is 0 Å². The van der Waals surface area contributed by atoms with Crippen LogP contribution in [0, 0.1) is 36.5 Å². The topological polar surface area (TPSA) is 20.2 Å². The Morgan fingerprint density at radius 3 is 2.79 bits per heavy atom. The van der Waals surface area contributed by atoms with E-state index in [1.165, 1.54) is 31.2 Å². The van der Waals surface area contributed by atoms with Gasteiger partial charge < -0.3 is 5.11 Å². The molecule has 1 N–H and O–H groups in total. The summed E-state index contributed by atoms with van der Waals surface area (Å²) in [5.74, 6) is 5.88. The van der Waals surface area contributed by atoms with Gasteiger partial charge in [-0.05, 0) is 79.2 Å². The molecule has 3 aliphatic carbocycles. The third kappa shape index (κ3) is 1.53. The van der Waals surface area contributed by atoms with Crippen LogP contribution >= 0.6 is 0 Å². The lowest BCUT2D eigenvalue weighted by Crippen LogP contribution is -2.26. The van der Waals surface area contributed by atoms with Crippen LogP contribution in [0.1, 0.15) is 49.7 Å². The molecule has 2 bridgehead atoms. The van der Waals surface area contributed by atoms with E-state index in [0.717, 1.165) is 35.2 Å². The fourth-order valence-electron chi connectivity index (χ4n) is 5.78. The normalized spacial score (nSPS) is 43.7. The molecule has 0 heterocycles. The molecule has 1 heteroatoms. The Kier molecular flexibility index (Phi) is 2.49. The number of aryl methyl sites for hydroxylation is 1. The molecule has 0 aliphatic heterocycles. The summed E-state index contributed by atoms with van der Waals surface area (Å²) in [4.78, 5) is 0. The molecule has 3 fully saturated rings. The minimum atomic E-state index is 0.573.